The largest absolute Gasteiger partial charge is 0.364 e. The van der Waals surface area contributed by atoms with Crippen molar-refractivity contribution in [3.8, 4) is 0 Å². The summed E-state index contributed by atoms with van der Waals surface area (Å²) < 4.78 is 5.71. The zero-order chi connectivity index (χ0) is 17.8. The molecule has 0 bridgehead atoms. The van der Waals surface area contributed by atoms with Crippen LogP contribution in [0.3, 0.4) is 0 Å². The van der Waals surface area contributed by atoms with Gasteiger partial charge in [0.1, 0.15) is 25.3 Å². The highest BCUT2D eigenvalue weighted by Crippen LogP contribution is 2.24. The number of nitrogens with zero attached hydrogens (tertiary/aromatic N) is 1. The van der Waals surface area contributed by atoms with Gasteiger partial charge in [0, 0.05) is 22.5 Å². The molecule has 1 aromatic carbocycles. The van der Waals surface area contributed by atoms with Crippen molar-refractivity contribution in [2.75, 3.05) is 25.0 Å². The van der Waals surface area contributed by atoms with Crippen molar-refractivity contribution in [2.24, 2.45) is 0 Å². The Bertz CT molecular complexity index is 727. The number of hydrogen-bond donors (Lipinski definition) is 2. The molecule has 2 unspecified atom stereocenters. The van der Waals surface area contributed by atoms with E-state index >= 15 is 0 Å². The Morgan fingerprint density at radius 1 is 1.36 bits per heavy atom. The molecule has 1 fully saturated rings. The van der Waals surface area contributed by atoms with Crippen molar-refractivity contribution >= 4 is 34.0 Å². The number of morpholine rings is 1. The Labute approximate surface area is 157 Å². The van der Waals surface area contributed by atoms with E-state index in [0.29, 0.717) is 11.7 Å². The van der Waals surface area contributed by atoms with Crippen molar-refractivity contribution in [2.45, 2.75) is 32.5 Å². The van der Waals surface area contributed by atoms with Gasteiger partial charge in [-0.05, 0) is 25.5 Å². The monoisotopic (exact) mass is 380 g/mol. The molecular formula is C18H23ClN3O2S+. The third kappa shape index (κ3) is 5.25. The number of carbonyl (C=O) groups excluding carboxylic acids is 1. The fraction of sp³-hybridized carbons (Fsp3) is 0.444. The Kier molecular flexibility index (Phi) is 6.06. The van der Waals surface area contributed by atoms with Gasteiger partial charge >= 0.3 is 0 Å². The Balaban J connectivity index is 1.54. The molecule has 3 rings (SSSR count). The second-order valence-corrected chi connectivity index (χ2v) is 8.06. The zero-order valence-electron chi connectivity index (χ0n) is 14.4. The lowest BCUT2D eigenvalue weighted by Crippen LogP contribution is -3.16. The van der Waals surface area contributed by atoms with E-state index in [9.17, 15) is 4.79 Å². The normalized spacial score (nSPS) is 23.4. The number of quaternary nitrogens is 1. The van der Waals surface area contributed by atoms with Crippen LogP contribution in [0, 0.1) is 0 Å². The number of anilines is 1. The molecule has 2 aromatic rings. The average Bonchev–Trinajstić information content (AvgIpc) is 2.95. The van der Waals surface area contributed by atoms with Crippen LogP contribution in [-0.2, 0) is 16.0 Å². The highest BCUT2D eigenvalue weighted by atomic mass is 35.5. The van der Waals surface area contributed by atoms with Crippen LogP contribution in [0.5, 0.6) is 0 Å². The summed E-state index contributed by atoms with van der Waals surface area (Å²) in [7, 11) is 0. The first-order valence-electron chi connectivity index (χ1n) is 8.46. The maximum atomic E-state index is 12.3. The minimum Gasteiger partial charge on any atom is -0.364 e. The number of halogens is 1. The zero-order valence-corrected chi connectivity index (χ0v) is 16.0. The third-order valence-electron chi connectivity index (χ3n) is 4.15. The number of thiazole rings is 1. The number of ether oxygens (including phenoxy) is 1. The van der Waals surface area contributed by atoms with Crippen molar-refractivity contribution in [3.63, 3.8) is 0 Å². The SMILES string of the molecule is CC1C[NH+](CC(=O)Nc2ncc(Cc3ccccc3Cl)s2)CC(C)O1. The van der Waals surface area contributed by atoms with Crippen molar-refractivity contribution in [1.29, 1.82) is 0 Å². The van der Waals surface area contributed by atoms with Crippen LogP contribution in [0.1, 0.15) is 24.3 Å². The molecule has 1 saturated heterocycles. The molecule has 0 aliphatic carbocycles. The Morgan fingerprint density at radius 2 is 2.08 bits per heavy atom. The van der Waals surface area contributed by atoms with Gasteiger partial charge in [-0.15, -0.1) is 11.3 Å². The first-order chi connectivity index (χ1) is 12.0. The molecule has 2 atom stereocenters. The first kappa shape index (κ1) is 18.3. The molecule has 134 valence electrons. The van der Waals surface area contributed by atoms with Crippen molar-refractivity contribution in [1.82, 2.24) is 4.98 Å². The van der Waals surface area contributed by atoms with Gasteiger partial charge in [-0.3, -0.25) is 10.1 Å². The van der Waals surface area contributed by atoms with E-state index in [0.717, 1.165) is 35.0 Å². The van der Waals surface area contributed by atoms with Gasteiger partial charge in [0.15, 0.2) is 11.7 Å². The number of aromatic nitrogens is 1. The molecule has 0 radical (unpaired) electrons. The molecule has 1 amide bonds. The fourth-order valence-electron chi connectivity index (χ4n) is 3.20. The predicted molar refractivity (Wildman–Crippen MR) is 101 cm³/mol. The molecule has 0 saturated carbocycles. The summed E-state index contributed by atoms with van der Waals surface area (Å²) in [5.74, 6) is -0.00468. The summed E-state index contributed by atoms with van der Waals surface area (Å²) in [6.45, 7) is 6.25. The van der Waals surface area contributed by atoms with Gasteiger partial charge in [0.05, 0.1) is 0 Å². The van der Waals surface area contributed by atoms with E-state index < -0.39 is 0 Å². The predicted octanol–water partition coefficient (Wildman–Crippen LogP) is 2.02. The van der Waals surface area contributed by atoms with Gasteiger partial charge < -0.3 is 9.64 Å². The van der Waals surface area contributed by atoms with Gasteiger partial charge in [-0.1, -0.05) is 29.8 Å². The number of benzene rings is 1. The smallest absolute Gasteiger partial charge is 0.281 e. The second kappa shape index (κ2) is 8.27. The van der Waals surface area contributed by atoms with Crippen molar-refractivity contribution < 1.29 is 14.4 Å². The number of rotatable bonds is 5. The lowest BCUT2D eigenvalue weighted by atomic mass is 10.1. The van der Waals surface area contributed by atoms with Gasteiger partial charge in [0.25, 0.3) is 5.91 Å². The van der Waals surface area contributed by atoms with Crippen molar-refractivity contribution in [3.05, 3.63) is 45.9 Å². The minimum atomic E-state index is -0.00468. The number of nitrogens with one attached hydrogen (secondary N) is 2. The molecule has 7 heteroatoms. The van der Waals surface area contributed by atoms with Crippen LogP contribution in [-0.4, -0.2) is 42.7 Å². The molecule has 2 heterocycles. The number of hydrogen-bond acceptors (Lipinski definition) is 4. The van der Waals surface area contributed by atoms with Crippen LogP contribution >= 0.6 is 22.9 Å². The lowest BCUT2D eigenvalue weighted by molar-refractivity contribution is -0.907. The summed E-state index contributed by atoms with van der Waals surface area (Å²) in [6.07, 6.45) is 2.90. The molecular weight excluding hydrogens is 358 g/mol. The van der Waals surface area contributed by atoms with E-state index in [1.54, 1.807) is 6.20 Å². The third-order valence-corrected chi connectivity index (χ3v) is 5.43. The minimum absolute atomic E-state index is 0.00468. The standard InChI is InChI=1S/C18H22ClN3O2S/c1-12-9-22(10-13(2)24-12)11-17(23)21-18-20-8-15(25-18)7-14-5-3-4-6-16(14)19/h3-6,8,12-13H,7,9-11H2,1-2H3,(H,20,21,23)/p+1. The first-order valence-corrected chi connectivity index (χ1v) is 9.66. The Morgan fingerprint density at radius 3 is 2.80 bits per heavy atom. The van der Waals surface area contributed by atoms with Gasteiger partial charge in [-0.25, -0.2) is 4.98 Å². The maximum Gasteiger partial charge on any atom is 0.281 e. The number of amides is 1. The molecule has 1 aromatic heterocycles. The van der Waals surface area contributed by atoms with Gasteiger partial charge in [0.2, 0.25) is 0 Å². The maximum absolute atomic E-state index is 12.3. The lowest BCUT2D eigenvalue weighted by Gasteiger charge is -2.31. The van der Waals surface area contributed by atoms with Crippen LogP contribution < -0.4 is 10.2 Å². The van der Waals surface area contributed by atoms with Crippen LogP contribution in [0.25, 0.3) is 0 Å². The summed E-state index contributed by atoms with van der Waals surface area (Å²) in [6, 6.07) is 7.77. The highest BCUT2D eigenvalue weighted by Gasteiger charge is 2.27. The molecule has 5 nitrogen and oxygen atoms in total. The fourth-order valence-corrected chi connectivity index (χ4v) is 4.25. The number of carbonyl (C=O) groups is 1. The van der Waals surface area contributed by atoms with E-state index in [2.05, 4.69) is 24.1 Å². The Hall–Kier alpha value is -1.47. The highest BCUT2D eigenvalue weighted by molar-refractivity contribution is 7.15. The second-order valence-electron chi connectivity index (χ2n) is 6.54. The van der Waals surface area contributed by atoms with E-state index in [-0.39, 0.29) is 18.1 Å². The van der Waals surface area contributed by atoms with E-state index in [4.69, 9.17) is 16.3 Å². The van der Waals surface area contributed by atoms with Crippen LogP contribution in [0.4, 0.5) is 5.13 Å². The summed E-state index contributed by atoms with van der Waals surface area (Å²) in [5, 5.41) is 4.30. The van der Waals surface area contributed by atoms with E-state index in [1.807, 2.05) is 24.3 Å². The van der Waals surface area contributed by atoms with Crippen LogP contribution in [0.15, 0.2) is 30.5 Å². The van der Waals surface area contributed by atoms with Gasteiger partial charge in [-0.2, -0.15) is 0 Å². The molecule has 0 spiro atoms. The molecule has 25 heavy (non-hydrogen) atoms. The summed E-state index contributed by atoms with van der Waals surface area (Å²) in [5.41, 5.74) is 1.06. The van der Waals surface area contributed by atoms with E-state index in [1.165, 1.54) is 16.2 Å². The average molecular weight is 381 g/mol. The van der Waals surface area contributed by atoms with Crippen LogP contribution in [0.2, 0.25) is 5.02 Å². The summed E-state index contributed by atoms with van der Waals surface area (Å²) >= 11 is 7.69. The molecule has 2 N–H and O–H groups in total. The molecule has 1 aliphatic heterocycles. The summed E-state index contributed by atoms with van der Waals surface area (Å²) in [4.78, 5) is 18.9. The quantitative estimate of drug-likeness (QED) is 0.834. The topological polar surface area (TPSA) is 55.7 Å². The molecule has 1 aliphatic rings.